The maximum absolute atomic E-state index is 13.5. The normalized spacial score (nSPS) is 11.7. The highest BCUT2D eigenvalue weighted by Gasteiger charge is 2.21. The summed E-state index contributed by atoms with van der Waals surface area (Å²) in [4.78, 5) is 23.9. The van der Waals surface area contributed by atoms with E-state index < -0.39 is 23.8 Å². The summed E-state index contributed by atoms with van der Waals surface area (Å²) in [7, 11) is 0. The summed E-state index contributed by atoms with van der Waals surface area (Å²) >= 11 is 11.8. The second kappa shape index (κ2) is 7.44. The van der Waals surface area contributed by atoms with E-state index in [1.54, 1.807) is 6.07 Å². The van der Waals surface area contributed by atoms with Gasteiger partial charge in [0.05, 0.1) is 16.3 Å². The first-order valence-electron chi connectivity index (χ1n) is 6.60. The maximum atomic E-state index is 13.5. The van der Waals surface area contributed by atoms with Crippen LogP contribution in [-0.2, 0) is 9.53 Å². The summed E-state index contributed by atoms with van der Waals surface area (Å²) in [6.45, 7) is 1.37. The Labute approximate surface area is 142 Å². The van der Waals surface area contributed by atoms with Gasteiger partial charge in [-0.2, -0.15) is 0 Å². The van der Waals surface area contributed by atoms with Gasteiger partial charge in [0.2, 0.25) is 0 Å². The molecule has 2 aromatic rings. The number of hydrogen-bond donors (Lipinski definition) is 1. The van der Waals surface area contributed by atoms with E-state index in [2.05, 4.69) is 5.32 Å². The van der Waals surface area contributed by atoms with Crippen molar-refractivity contribution in [1.82, 2.24) is 0 Å². The van der Waals surface area contributed by atoms with Gasteiger partial charge in [0.1, 0.15) is 5.82 Å². The summed E-state index contributed by atoms with van der Waals surface area (Å²) in [6.07, 6.45) is -1.14. The van der Waals surface area contributed by atoms with E-state index in [9.17, 15) is 14.0 Å². The molecule has 0 aromatic heterocycles. The third kappa shape index (κ3) is 4.43. The van der Waals surface area contributed by atoms with Gasteiger partial charge >= 0.3 is 5.97 Å². The molecule has 0 fully saturated rings. The molecule has 0 aliphatic rings. The van der Waals surface area contributed by atoms with E-state index in [4.69, 9.17) is 27.9 Å². The van der Waals surface area contributed by atoms with E-state index in [1.165, 1.54) is 37.3 Å². The van der Waals surface area contributed by atoms with E-state index in [-0.39, 0.29) is 16.3 Å². The lowest BCUT2D eigenvalue weighted by atomic mass is 10.2. The standard InChI is InChI=1S/C16H12Cl2FNO3/c1-9(23-16(22)11-4-2-3-5-13(11)19)15(21)20-14-8-10(17)6-7-12(14)18/h2-9H,1H3,(H,20,21). The predicted molar refractivity (Wildman–Crippen MR) is 86.4 cm³/mol. The van der Waals surface area contributed by atoms with E-state index in [0.29, 0.717) is 5.02 Å². The van der Waals surface area contributed by atoms with Crippen molar-refractivity contribution >= 4 is 40.8 Å². The molecule has 1 N–H and O–H groups in total. The van der Waals surface area contributed by atoms with Crippen molar-refractivity contribution in [3.05, 3.63) is 63.9 Å². The van der Waals surface area contributed by atoms with Crippen LogP contribution in [0.4, 0.5) is 10.1 Å². The van der Waals surface area contributed by atoms with Gasteiger partial charge < -0.3 is 10.1 Å². The smallest absolute Gasteiger partial charge is 0.341 e. The minimum Gasteiger partial charge on any atom is -0.449 e. The molecule has 0 saturated carbocycles. The molecule has 1 amide bonds. The van der Waals surface area contributed by atoms with Crippen LogP contribution in [0.2, 0.25) is 10.0 Å². The Morgan fingerprint density at radius 1 is 1.17 bits per heavy atom. The summed E-state index contributed by atoms with van der Waals surface area (Å²) in [5.41, 5.74) is 0.0471. The lowest BCUT2D eigenvalue weighted by molar-refractivity contribution is -0.123. The van der Waals surface area contributed by atoms with Crippen LogP contribution >= 0.6 is 23.2 Å². The number of halogens is 3. The molecule has 2 aromatic carbocycles. The minimum absolute atomic E-state index is 0.243. The Kier molecular flexibility index (Phi) is 5.58. The molecule has 0 aliphatic carbocycles. The van der Waals surface area contributed by atoms with Gasteiger partial charge in [0.25, 0.3) is 5.91 Å². The molecule has 0 bridgehead atoms. The van der Waals surface area contributed by atoms with Crippen LogP contribution in [0, 0.1) is 5.82 Å². The topological polar surface area (TPSA) is 55.4 Å². The number of nitrogens with one attached hydrogen (secondary N) is 1. The van der Waals surface area contributed by atoms with Crippen molar-refractivity contribution in [2.75, 3.05) is 5.32 Å². The fourth-order valence-electron chi connectivity index (χ4n) is 1.73. The van der Waals surface area contributed by atoms with Crippen LogP contribution in [0.1, 0.15) is 17.3 Å². The van der Waals surface area contributed by atoms with Gasteiger partial charge in [-0.05, 0) is 37.3 Å². The van der Waals surface area contributed by atoms with E-state index in [1.807, 2.05) is 0 Å². The van der Waals surface area contributed by atoms with Crippen LogP contribution in [0.3, 0.4) is 0 Å². The minimum atomic E-state index is -1.14. The molecule has 2 rings (SSSR count). The fraction of sp³-hybridized carbons (Fsp3) is 0.125. The lowest BCUT2D eigenvalue weighted by Crippen LogP contribution is -2.30. The zero-order valence-electron chi connectivity index (χ0n) is 12.0. The van der Waals surface area contributed by atoms with Crippen molar-refractivity contribution < 1.29 is 18.7 Å². The molecule has 0 aliphatic heterocycles. The van der Waals surface area contributed by atoms with Crippen molar-refractivity contribution in [1.29, 1.82) is 0 Å². The molecular weight excluding hydrogens is 344 g/mol. The second-order valence-corrected chi connectivity index (χ2v) is 5.48. The Morgan fingerprint density at radius 2 is 1.87 bits per heavy atom. The predicted octanol–water partition coefficient (Wildman–Crippen LogP) is 4.32. The molecule has 0 spiro atoms. The van der Waals surface area contributed by atoms with Gasteiger partial charge in [-0.3, -0.25) is 4.79 Å². The molecule has 0 heterocycles. The highest BCUT2D eigenvalue weighted by molar-refractivity contribution is 6.35. The zero-order valence-corrected chi connectivity index (χ0v) is 13.5. The number of hydrogen-bond acceptors (Lipinski definition) is 3. The average molecular weight is 356 g/mol. The average Bonchev–Trinajstić information content (AvgIpc) is 2.51. The monoisotopic (exact) mass is 355 g/mol. The van der Waals surface area contributed by atoms with Gasteiger partial charge in [-0.1, -0.05) is 35.3 Å². The number of amides is 1. The molecule has 0 radical (unpaired) electrons. The molecule has 1 atom stereocenters. The largest absolute Gasteiger partial charge is 0.449 e. The van der Waals surface area contributed by atoms with Crippen LogP contribution in [0.5, 0.6) is 0 Å². The number of carbonyl (C=O) groups is 2. The van der Waals surface area contributed by atoms with Crippen LogP contribution < -0.4 is 5.32 Å². The number of carbonyl (C=O) groups excluding carboxylic acids is 2. The summed E-state index contributed by atoms with van der Waals surface area (Å²) in [5, 5.41) is 3.17. The van der Waals surface area contributed by atoms with E-state index >= 15 is 0 Å². The quantitative estimate of drug-likeness (QED) is 0.831. The molecule has 120 valence electrons. The summed E-state index contributed by atoms with van der Waals surface area (Å²) < 4.78 is 18.5. The fourth-order valence-corrected chi connectivity index (χ4v) is 2.07. The van der Waals surface area contributed by atoms with Gasteiger partial charge in [-0.25, -0.2) is 9.18 Å². The molecule has 4 nitrogen and oxygen atoms in total. The first kappa shape index (κ1) is 17.2. The molecule has 0 saturated heterocycles. The number of benzene rings is 2. The van der Waals surface area contributed by atoms with Crippen molar-refractivity contribution in [3.8, 4) is 0 Å². The summed E-state index contributed by atoms with van der Waals surface area (Å²) in [6, 6.07) is 9.91. The Morgan fingerprint density at radius 3 is 2.57 bits per heavy atom. The van der Waals surface area contributed by atoms with Gasteiger partial charge in [0, 0.05) is 5.02 Å². The van der Waals surface area contributed by atoms with Crippen molar-refractivity contribution in [2.24, 2.45) is 0 Å². The molecule has 1 unspecified atom stereocenters. The zero-order chi connectivity index (χ0) is 17.0. The van der Waals surface area contributed by atoms with E-state index in [0.717, 1.165) is 6.07 Å². The Balaban J connectivity index is 2.04. The lowest BCUT2D eigenvalue weighted by Gasteiger charge is -2.14. The molecular formula is C16H12Cl2FNO3. The molecule has 23 heavy (non-hydrogen) atoms. The SMILES string of the molecule is CC(OC(=O)c1ccccc1F)C(=O)Nc1cc(Cl)ccc1Cl. The maximum Gasteiger partial charge on any atom is 0.341 e. The van der Waals surface area contributed by atoms with Crippen LogP contribution in [-0.4, -0.2) is 18.0 Å². The Bertz CT molecular complexity index is 752. The van der Waals surface area contributed by atoms with Crippen LogP contribution in [0.25, 0.3) is 0 Å². The number of ether oxygens (including phenoxy) is 1. The summed E-state index contributed by atoms with van der Waals surface area (Å²) in [5.74, 6) is -2.26. The first-order chi connectivity index (χ1) is 10.9. The van der Waals surface area contributed by atoms with Gasteiger partial charge in [0.15, 0.2) is 6.10 Å². The third-order valence-corrected chi connectivity index (χ3v) is 3.50. The Hall–Kier alpha value is -2.11. The van der Waals surface area contributed by atoms with Crippen LogP contribution in [0.15, 0.2) is 42.5 Å². The highest BCUT2D eigenvalue weighted by atomic mass is 35.5. The van der Waals surface area contributed by atoms with Crippen molar-refractivity contribution in [2.45, 2.75) is 13.0 Å². The van der Waals surface area contributed by atoms with Crippen molar-refractivity contribution in [3.63, 3.8) is 0 Å². The number of esters is 1. The molecule has 7 heteroatoms. The van der Waals surface area contributed by atoms with Gasteiger partial charge in [-0.15, -0.1) is 0 Å². The highest BCUT2D eigenvalue weighted by Crippen LogP contribution is 2.25. The first-order valence-corrected chi connectivity index (χ1v) is 7.35. The number of rotatable bonds is 4. The third-order valence-electron chi connectivity index (χ3n) is 2.93. The number of anilines is 1. The second-order valence-electron chi connectivity index (χ2n) is 4.64.